The summed E-state index contributed by atoms with van der Waals surface area (Å²) in [5.41, 5.74) is 0.974. The third kappa shape index (κ3) is 2.22. The van der Waals surface area contributed by atoms with Gasteiger partial charge in [-0.15, -0.1) is 10.2 Å². The van der Waals surface area contributed by atoms with E-state index < -0.39 is 0 Å². The molecule has 1 N–H and O–H groups in total. The van der Waals surface area contributed by atoms with Crippen LogP contribution in [0.2, 0.25) is 0 Å². The minimum absolute atomic E-state index is 0.516. The van der Waals surface area contributed by atoms with Crippen LogP contribution in [0.3, 0.4) is 0 Å². The molecular weight excluding hydrogens is 354 g/mol. The van der Waals surface area contributed by atoms with Crippen LogP contribution in [-0.2, 0) is 0 Å². The van der Waals surface area contributed by atoms with E-state index in [-0.39, 0.29) is 0 Å². The van der Waals surface area contributed by atoms with Gasteiger partial charge in [0.05, 0.1) is 11.0 Å². The van der Waals surface area contributed by atoms with Gasteiger partial charge < -0.3 is 4.90 Å². The second-order valence-electron chi connectivity index (χ2n) is 4.57. The highest BCUT2D eigenvalue weighted by atomic mass is 79.9. The van der Waals surface area contributed by atoms with Gasteiger partial charge in [-0.2, -0.15) is 4.98 Å². The lowest BCUT2D eigenvalue weighted by molar-refractivity contribution is 0.984. The Bertz CT molecular complexity index is 782. The zero-order valence-electron chi connectivity index (χ0n) is 11.0. The minimum Gasteiger partial charge on any atom is -0.308 e. The van der Waals surface area contributed by atoms with Crippen molar-refractivity contribution in [3.63, 3.8) is 0 Å². The molecule has 0 fully saturated rings. The van der Waals surface area contributed by atoms with Crippen molar-refractivity contribution >= 4 is 56.1 Å². The number of halogens is 1. The standard InChI is InChI=1S/C12H10BrN7S/c1-6-18-19-12(21-6)17-11-15-5-7-4-8(13)10-14-2-3-20(10)9(7)16-11/h4-5H,2-3H2,1H3,(H,15,16,17,19). The molecule has 0 unspecified atom stereocenters. The summed E-state index contributed by atoms with van der Waals surface area (Å²) in [6, 6.07) is 0. The van der Waals surface area contributed by atoms with Crippen molar-refractivity contribution in [2.75, 3.05) is 23.3 Å². The molecule has 0 atom stereocenters. The Morgan fingerprint density at radius 3 is 3.10 bits per heavy atom. The molecule has 0 spiro atoms. The van der Waals surface area contributed by atoms with Crippen molar-refractivity contribution in [3.05, 3.63) is 21.3 Å². The van der Waals surface area contributed by atoms with Gasteiger partial charge in [-0.05, 0) is 28.9 Å². The average Bonchev–Trinajstić information content (AvgIpc) is 3.09. The number of anilines is 3. The van der Waals surface area contributed by atoms with Crippen LogP contribution in [0.25, 0.3) is 6.08 Å². The number of nitrogens with zero attached hydrogens (tertiary/aromatic N) is 6. The number of hydrogen-bond acceptors (Lipinski definition) is 8. The van der Waals surface area contributed by atoms with Crippen LogP contribution in [0.1, 0.15) is 10.6 Å². The van der Waals surface area contributed by atoms with Crippen molar-refractivity contribution in [2.45, 2.75) is 6.92 Å². The fraction of sp³-hybridized carbons (Fsp3) is 0.250. The lowest BCUT2D eigenvalue weighted by Crippen LogP contribution is -2.31. The predicted molar refractivity (Wildman–Crippen MR) is 86.5 cm³/mol. The summed E-state index contributed by atoms with van der Waals surface area (Å²) in [7, 11) is 0. The first-order valence-corrected chi connectivity index (χ1v) is 7.95. The third-order valence-electron chi connectivity index (χ3n) is 3.13. The molecule has 0 saturated heterocycles. The second kappa shape index (κ2) is 4.85. The smallest absolute Gasteiger partial charge is 0.231 e. The monoisotopic (exact) mass is 363 g/mol. The van der Waals surface area contributed by atoms with E-state index in [0.29, 0.717) is 11.1 Å². The summed E-state index contributed by atoms with van der Waals surface area (Å²) in [5.74, 6) is 2.31. The molecule has 2 aromatic rings. The molecule has 106 valence electrons. The fourth-order valence-electron chi connectivity index (χ4n) is 2.26. The molecule has 2 aliphatic rings. The summed E-state index contributed by atoms with van der Waals surface area (Å²) < 4.78 is 0.969. The van der Waals surface area contributed by atoms with E-state index >= 15 is 0 Å². The van der Waals surface area contributed by atoms with Crippen molar-refractivity contribution in [3.8, 4) is 0 Å². The number of nitrogens with one attached hydrogen (secondary N) is 1. The largest absolute Gasteiger partial charge is 0.308 e. The highest BCUT2D eigenvalue weighted by Crippen LogP contribution is 2.33. The van der Waals surface area contributed by atoms with Crippen LogP contribution in [-0.4, -0.2) is 39.1 Å². The van der Waals surface area contributed by atoms with Crippen LogP contribution in [0.4, 0.5) is 16.9 Å². The van der Waals surface area contributed by atoms with Crippen molar-refractivity contribution in [1.82, 2.24) is 20.2 Å². The van der Waals surface area contributed by atoms with Gasteiger partial charge in [-0.1, -0.05) is 11.3 Å². The van der Waals surface area contributed by atoms with Gasteiger partial charge >= 0.3 is 0 Å². The molecule has 0 radical (unpaired) electrons. The minimum atomic E-state index is 0.516. The molecule has 0 bridgehead atoms. The van der Waals surface area contributed by atoms with Crippen LogP contribution in [0.15, 0.2) is 15.7 Å². The van der Waals surface area contributed by atoms with Gasteiger partial charge in [-0.25, -0.2) is 4.98 Å². The van der Waals surface area contributed by atoms with Crippen LogP contribution in [0, 0.1) is 6.92 Å². The van der Waals surface area contributed by atoms with Crippen molar-refractivity contribution in [1.29, 1.82) is 0 Å². The maximum Gasteiger partial charge on any atom is 0.231 e. The predicted octanol–water partition coefficient (Wildman–Crippen LogP) is 2.35. The summed E-state index contributed by atoms with van der Waals surface area (Å²) >= 11 is 5.01. The molecule has 4 heterocycles. The maximum atomic E-state index is 4.59. The zero-order chi connectivity index (χ0) is 14.4. The first-order valence-electron chi connectivity index (χ1n) is 6.34. The first kappa shape index (κ1) is 12.8. The lowest BCUT2D eigenvalue weighted by Gasteiger charge is -2.25. The van der Waals surface area contributed by atoms with Crippen LogP contribution in [0.5, 0.6) is 0 Å². The number of amidine groups is 1. The quantitative estimate of drug-likeness (QED) is 0.881. The van der Waals surface area contributed by atoms with Gasteiger partial charge in [0.15, 0.2) is 0 Å². The summed E-state index contributed by atoms with van der Waals surface area (Å²) in [4.78, 5) is 15.5. The number of aliphatic imine (C=N–C) groups is 1. The van der Waals surface area contributed by atoms with Gasteiger partial charge in [0.25, 0.3) is 0 Å². The van der Waals surface area contributed by atoms with E-state index in [1.807, 2.05) is 13.0 Å². The zero-order valence-corrected chi connectivity index (χ0v) is 13.4. The van der Waals surface area contributed by atoms with E-state index in [9.17, 15) is 0 Å². The summed E-state index contributed by atoms with van der Waals surface area (Å²) in [6.45, 7) is 3.52. The molecule has 4 rings (SSSR count). The molecular formula is C12H10BrN7S. The molecule has 7 nitrogen and oxygen atoms in total. The van der Waals surface area contributed by atoms with E-state index in [1.54, 1.807) is 6.20 Å². The highest BCUT2D eigenvalue weighted by molar-refractivity contribution is 9.12. The molecule has 2 aromatic heterocycles. The Hall–Kier alpha value is -1.87. The van der Waals surface area contributed by atoms with Crippen molar-refractivity contribution in [2.24, 2.45) is 4.99 Å². The van der Waals surface area contributed by atoms with E-state index in [2.05, 4.69) is 51.3 Å². The van der Waals surface area contributed by atoms with Gasteiger partial charge in [0.2, 0.25) is 11.1 Å². The number of aromatic nitrogens is 4. The fourth-order valence-corrected chi connectivity index (χ4v) is 3.43. The first-order chi connectivity index (χ1) is 10.2. The molecule has 0 amide bonds. The SMILES string of the molecule is Cc1nnc(Nc2ncc3c(n2)N2CCN=C2C(Br)=C3)s1. The van der Waals surface area contributed by atoms with Gasteiger partial charge in [-0.3, -0.25) is 10.3 Å². The third-order valence-corrected chi connectivity index (χ3v) is 4.47. The molecule has 0 saturated carbocycles. The molecule has 2 aliphatic heterocycles. The normalized spacial score (nSPS) is 16.2. The lowest BCUT2D eigenvalue weighted by atomic mass is 10.2. The number of rotatable bonds is 2. The Morgan fingerprint density at radius 2 is 2.29 bits per heavy atom. The van der Waals surface area contributed by atoms with E-state index in [4.69, 9.17) is 0 Å². The second-order valence-corrected chi connectivity index (χ2v) is 6.61. The highest BCUT2D eigenvalue weighted by Gasteiger charge is 2.28. The number of fused-ring (bicyclic) bond motifs is 3. The van der Waals surface area contributed by atoms with Crippen molar-refractivity contribution < 1.29 is 0 Å². The van der Waals surface area contributed by atoms with Gasteiger partial charge in [0.1, 0.15) is 16.7 Å². The molecule has 9 heteroatoms. The Kier molecular flexibility index (Phi) is 2.96. The summed E-state index contributed by atoms with van der Waals surface area (Å²) in [5, 5.41) is 12.7. The summed E-state index contributed by atoms with van der Waals surface area (Å²) in [6.07, 6.45) is 3.80. The van der Waals surface area contributed by atoms with E-state index in [1.165, 1.54) is 11.3 Å². The Labute approximate surface area is 133 Å². The molecule has 21 heavy (non-hydrogen) atoms. The Morgan fingerprint density at radius 1 is 1.38 bits per heavy atom. The number of aryl methyl sites for hydroxylation is 1. The number of hydrogen-bond donors (Lipinski definition) is 1. The molecule has 0 aromatic carbocycles. The maximum absolute atomic E-state index is 4.59. The van der Waals surface area contributed by atoms with Crippen LogP contribution < -0.4 is 10.2 Å². The molecule has 0 aliphatic carbocycles. The van der Waals surface area contributed by atoms with E-state index in [0.717, 1.165) is 39.8 Å². The van der Waals surface area contributed by atoms with Gasteiger partial charge in [0, 0.05) is 18.3 Å². The Balaban J connectivity index is 1.71. The average molecular weight is 364 g/mol. The van der Waals surface area contributed by atoms with Crippen LogP contribution >= 0.6 is 27.3 Å². The topological polar surface area (TPSA) is 79.2 Å².